The summed E-state index contributed by atoms with van der Waals surface area (Å²) in [7, 11) is 4.57. The van der Waals surface area contributed by atoms with Crippen molar-refractivity contribution in [2.45, 2.75) is 31.8 Å². The molecule has 10 heteroatoms. The number of rotatable bonds is 9. The van der Waals surface area contributed by atoms with Gasteiger partial charge in [-0.15, -0.1) is 9.24 Å². The summed E-state index contributed by atoms with van der Waals surface area (Å²) in [6.45, 7) is 7.18. The number of nitrogens with one attached hydrogen (secondary N) is 1. The van der Waals surface area contributed by atoms with Crippen molar-refractivity contribution in [3.05, 3.63) is 30.1 Å². The molecule has 148 valence electrons. The van der Waals surface area contributed by atoms with Crippen LogP contribution in [0.15, 0.2) is 24.3 Å². The molecule has 1 N–H and O–H groups in total. The molecular formula is C17H25F2N5OP2. The normalized spacial score (nSPS) is 14.3. The van der Waals surface area contributed by atoms with E-state index >= 15 is 0 Å². The number of hydrogen-bond acceptors (Lipinski definition) is 6. The molecule has 0 spiro atoms. The summed E-state index contributed by atoms with van der Waals surface area (Å²) in [4.78, 5) is 14.9. The van der Waals surface area contributed by atoms with Crippen molar-refractivity contribution in [2.24, 2.45) is 0 Å². The Morgan fingerprint density at radius 3 is 2.37 bits per heavy atom. The average molecular weight is 415 g/mol. The van der Waals surface area contributed by atoms with E-state index in [-0.39, 0.29) is 24.4 Å². The zero-order valence-electron chi connectivity index (χ0n) is 15.6. The van der Waals surface area contributed by atoms with E-state index in [1.165, 1.54) is 12.1 Å². The monoisotopic (exact) mass is 415 g/mol. The topological polar surface area (TPSA) is 63.2 Å². The zero-order valence-corrected chi connectivity index (χ0v) is 17.9. The predicted molar refractivity (Wildman–Crippen MR) is 111 cm³/mol. The van der Waals surface area contributed by atoms with Gasteiger partial charge in [0.15, 0.2) is 0 Å². The van der Waals surface area contributed by atoms with Crippen molar-refractivity contribution in [1.29, 1.82) is 0 Å². The number of nitrogens with zero attached hydrogens (tertiary/aromatic N) is 4. The number of halogens is 2. The molecule has 0 saturated heterocycles. The van der Waals surface area contributed by atoms with Crippen LogP contribution in [0.5, 0.6) is 6.01 Å². The van der Waals surface area contributed by atoms with Crippen LogP contribution in [0.4, 0.5) is 26.4 Å². The molecule has 6 nitrogen and oxygen atoms in total. The van der Waals surface area contributed by atoms with Crippen molar-refractivity contribution >= 4 is 36.1 Å². The quantitative estimate of drug-likeness (QED) is 0.629. The maximum absolute atomic E-state index is 13.7. The summed E-state index contributed by atoms with van der Waals surface area (Å²) in [5.41, 5.74) is 0.628. The SMILES string of the molecule is CCN(CC)c1nc(Nc2ccc(F)cc2)nc(OCC(C)(P)C(F)P)n1. The highest BCUT2D eigenvalue weighted by atomic mass is 31.0. The van der Waals surface area contributed by atoms with Crippen molar-refractivity contribution in [2.75, 3.05) is 29.9 Å². The Kier molecular flexibility index (Phi) is 7.63. The van der Waals surface area contributed by atoms with Crippen LogP contribution in [0.3, 0.4) is 0 Å². The van der Waals surface area contributed by atoms with E-state index in [9.17, 15) is 8.78 Å². The Bertz CT molecular complexity index is 743. The lowest BCUT2D eigenvalue weighted by atomic mass is 10.2. The second-order valence-corrected chi connectivity index (χ2v) is 8.15. The molecule has 1 aromatic carbocycles. The first-order valence-corrected chi connectivity index (χ1v) is 9.84. The van der Waals surface area contributed by atoms with Crippen LogP contribution in [0.1, 0.15) is 20.8 Å². The zero-order chi connectivity index (χ0) is 20.0. The van der Waals surface area contributed by atoms with Gasteiger partial charge in [0, 0.05) is 18.8 Å². The van der Waals surface area contributed by atoms with Crippen LogP contribution in [-0.4, -0.2) is 45.7 Å². The lowest BCUT2D eigenvalue weighted by molar-refractivity contribution is 0.222. The summed E-state index contributed by atoms with van der Waals surface area (Å²) < 4.78 is 32.4. The molecule has 27 heavy (non-hydrogen) atoms. The summed E-state index contributed by atoms with van der Waals surface area (Å²) in [5.74, 6) is -0.783. The Hall–Kier alpha value is -1.65. The number of benzene rings is 1. The highest BCUT2D eigenvalue weighted by Crippen LogP contribution is 2.30. The number of hydrogen-bond donors (Lipinski definition) is 1. The Balaban J connectivity index is 2.29. The Labute approximate surface area is 162 Å². The molecule has 0 aliphatic heterocycles. The standard InChI is InChI=1S/C17H25F2N5OP2/c1-4-24(5-2)15-21-14(20-12-8-6-11(18)7-9-12)22-16(23-15)25-10-17(3,27)13(19)26/h6-9,13H,4-5,10,26-27H2,1-3H3,(H,20,21,22,23). The molecule has 4 atom stereocenters. The van der Waals surface area contributed by atoms with E-state index in [1.807, 2.05) is 18.7 Å². The molecule has 0 amide bonds. The second-order valence-electron chi connectivity index (χ2n) is 6.24. The van der Waals surface area contributed by atoms with Gasteiger partial charge >= 0.3 is 6.01 Å². The van der Waals surface area contributed by atoms with Crippen LogP contribution in [0.2, 0.25) is 0 Å². The van der Waals surface area contributed by atoms with Crippen LogP contribution >= 0.6 is 18.5 Å². The van der Waals surface area contributed by atoms with Crippen molar-refractivity contribution in [3.8, 4) is 6.01 Å². The Morgan fingerprint density at radius 2 is 1.81 bits per heavy atom. The van der Waals surface area contributed by atoms with E-state index in [0.29, 0.717) is 24.7 Å². The first-order valence-electron chi connectivity index (χ1n) is 8.60. The van der Waals surface area contributed by atoms with Gasteiger partial charge in [-0.1, -0.05) is 9.24 Å². The largest absolute Gasteiger partial charge is 0.462 e. The van der Waals surface area contributed by atoms with Gasteiger partial charge < -0.3 is 15.0 Å². The van der Waals surface area contributed by atoms with E-state index < -0.39 is 11.1 Å². The van der Waals surface area contributed by atoms with Crippen molar-refractivity contribution < 1.29 is 13.5 Å². The fraction of sp³-hybridized carbons (Fsp3) is 0.471. The fourth-order valence-electron chi connectivity index (χ4n) is 2.08. The van der Waals surface area contributed by atoms with Gasteiger partial charge in [0.25, 0.3) is 0 Å². The second kappa shape index (κ2) is 9.52. The molecule has 0 aliphatic carbocycles. The first-order chi connectivity index (χ1) is 12.7. The third kappa shape index (κ3) is 6.18. The summed E-state index contributed by atoms with van der Waals surface area (Å²) in [6, 6.07) is 5.94. The molecule has 1 aromatic heterocycles. The van der Waals surface area contributed by atoms with Gasteiger partial charge in [-0.3, -0.25) is 0 Å². The summed E-state index contributed by atoms with van der Waals surface area (Å²) >= 11 is 0. The third-order valence-electron chi connectivity index (χ3n) is 3.89. The minimum absolute atomic E-state index is 0.0695. The lowest BCUT2D eigenvalue weighted by Crippen LogP contribution is -2.33. The maximum Gasteiger partial charge on any atom is 0.323 e. The van der Waals surface area contributed by atoms with E-state index in [1.54, 1.807) is 19.1 Å². The van der Waals surface area contributed by atoms with Crippen molar-refractivity contribution in [3.63, 3.8) is 0 Å². The number of anilines is 3. The van der Waals surface area contributed by atoms with Gasteiger partial charge in [-0.05, 0) is 45.0 Å². The number of ether oxygens (including phenoxy) is 1. The highest BCUT2D eigenvalue weighted by Gasteiger charge is 2.28. The maximum atomic E-state index is 13.7. The van der Waals surface area contributed by atoms with Gasteiger partial charge in [-0.25, -0.2) is 8.78 Å². The molecule has 0 aliphatic rings. The van der Waals surface area contributed by atoms with Gasteiger partial charge in [0.2, 0.25) is 11.9 Å². The predicted octanol–water partition coefficient (Wildman–Crippen LogP) is 3.78. The molecule has 0 radical (unpaired) electrons. The Morgan fingerprint density at radius 1 is 1.19 bits per heavy atom. The van der Waals surface area contributed by atoms with Gasteiger partial charge in [-0.2, -0.15) is 15.0 Å². The number of aromatic nitrogens is 3. The summed E-state index contributed by atoms with van der Waals surface area (Å²) in [6.07, 6.45) is 0. The lowest BCUT2D eigenvalue weighted by Gasteiger charge is -2.25. The molecule has 0 saturated carbocycles. The van der Waals surface area contributed by atoms with Gasteiger partial charge in [0.05, 0.1) is 5.16 Å². The van der Waals surface area contributed by atoms with Crippen LogP contribution in [-0.2, 0) is 0 Å². The molecule has 0 fully saturated rings. The minimum atomic E-state index is -1.16. The molecular weight excluding hydrogens is 390 g/mol. The highest BCUT2D eigenvalue weighted by molar-refractivity contribution is 7.24. The molecule has 1 heterocycles. The molecule has 4 unspecified atom stereocenters. The van der Waals surface area contributed by atoms with E-state index in [0.717, 1.165) is 0 Å². The smallest absolute Gasteiger partial charge is 0.323 e. The van der Waals surface area contributed by atoms with E-state index in [2.05, 4.69) is 38.7 Å². The van der Waals surface area contributed by atoms with Crippen molar-refractivity contribution in [1.82, 2.24) is 15.0 Å². The van der Waals surface area contributed by atoms with Crippen LogP contribution in [0.25, 0.3) is 0 Å². The fourth-order valence-corrected chi connectivity index (χ4v) is 2.26. The van der Waals surface area contributed by atoms with Crippen LogP contribution in [0, 0.1) is 5.82 Å². The number of alkyl halides is 1. The average Bonchev–Trinajstić information content (AvgIpc) is 2.63. The molecule has 0 bridgehead atoms. The van der Waals surface area contributed by atoms with Gasteiger partial charge in [0.1, 0.15) is 18.3 Å². The minimum Gasteiger partial charge on any atom is -0.462 e. The summed E-state index contributed by atoms with van der Waals surface area (Å²) in [5, 5.41) is 2.22. The first kappa shape index (κ1) is 21.6. The van der Waals surface area contributed by atoms with E-state index in [4.69, 9.17) is 4.74 Å². The van der Waals surface area contributed by atoms with Crippen LogP contribution < -0.4 is 15.0 Å². The third-order valence-corrected chi connectivity index (χ3v) is 5.52. The molecule has 2 aromatic rings. The molecule has 2 rings (SSSR count).